The van der Waals surface area contributed by atoms with Crippen LogP contribution in [0.5, 0.6) is 0 Å². The molecule has 0 fully saturated rings. The van der Waals surface area contributed by atoms with Crippen molar-refractivity contribution in [2.24, 2.45) is 11.7 Å². The minimum Gasteiger partial charge on any atom is -0.393 e. The van der Waals surface area contributed by atoms with E-state index in [0.717, 1.165) is 18.6 Å². The van der Waals surface area contributed by atoms with E-state index >= 15 is 0 Å². The van der Waals surface area contributed by atoms with Gasteiger partial charge in [0.25, 0.3) is 0 Å². The van der Waals surface area contributed by atoms with Gasteiger partial charge in [0, 0.05) is 0 Å². The molecular formula is C8H19NOS. The maximum atomic E-state index is 9.46. The molecule has 2 nitrogen and oxygen atoms in total. The van der Waals surface area contributed by atoms with Gasteiger partial charge >= 0.3 is 0 Å². The highest BCUT2D eigenvalue weighted by atomic mass is 32.2. The molecule has 0 aromatic heterocycles. The van der Waals surface area contributed by atoms with Crippen molar-refractivity contribution in [3.05, 3.63) is 0 Å². The standard InChI is InChI=1S/C8H19NOS/c1-7(6-9)8(10)4-3-5-11-2/h7-8,10H,3-6,9H2,1-2H3. The van der Waals surface area contributed by atoms with E-state index < -0.39 is 0 Å². The molecule has 0 aromatic carbocycles. The van der Waals surface area contributed by atoms with Crippen molar-refractivity contribution in [3.8, 4) is 0 Å². The molecule has 0 amide bonds. The van der Waals surface area contributed by atoms with Crippen molar-refractivity contribution in [1.29, 1.82) is 0 Å². The summed E-state index contributed by atoms with van der Waals surface area (Å²) in [6.45, 7) is 2.57. The van der Waals surface area contributed by atoms with E-state index in [4.69, 9.17) is 5.73 Å². The van der Waals surface area contributed by atoms with Crippen LogP contribution in [0.25, 0.3) is 0 Å². The Labute approximate surface area is 73.6 Å². The highest BCUT2D eigenvalue weighted by molar-refractivity contribution is 7.98. The van der Waals surface area contributed by atoms with E-state index in [1.54, 1.807) is 0 Å². The molecule has 0 spiro atoms. The molecule has 0 heterocycles. The quantitative estimate of drug-likeness (QED) is 0.597. The average Bonchev–Trinajstić information content (AvgIpc) is 2.03. The maximum absolute atomic E-state index is 9.46. The number of hydrogen-bond donors (Lipinski definition) is 2. The van der Waals surface area contributed by atoms with Crippen LogP contribution in [0.15, 0.2) is 0 Å². The summed E-state index contributed by atoms with van der Waals surface area (Å²) in [4.78, 5) is 0. The molecule has 3 heteroatoms. The van der Waals surface area contributed by atoms with E-state index in [1.165, 1.54) is 0 Å². The molecule has 3 N–H and O–H groups in total. The third-order valence-corrected chi connectivity index (χ3v) is 2.57. The lowest BCUT2D eigenvalue weighted by Gasteiger charge is -2.16. The Kier molecular flexibility index (Phi) is 7.12. The van der Waals surface area contributed by atoms with Crippen LogP contribution < -0.4 is 5.73 Å². The molecule has 0 aliphatic rings. The van der Waals surface area contributed by atoms with Crippen molar-refractivity contribution < 1.29 is 5.11 Å². The minimum absolute atomic E-state index is 0.202. The van der Waals surface area contributed by atoms with Gasteiger partial charge in [-0.25, -0.2) is 0 Å². The monoisotopic (exact) mass is 177 g/mol. The van der Waals surface area contributed by atoms with Gasteiger partial charge in [-0.1, -0.05) is 6.92 Å². The van der Waals surface area contributed by atoms with Crippen LogP contribution in [0.2, 0.25) is 0 Å². The number of nitrogens with two attached hydrogens (primary N) is 1. The van der Waals surface area contributed by atoms with E-state index in [1.807, 2.05) is 18.7 Å². The molecule has 2 atom stereocenters. The Balaban J connectivity index is 3.28. The topological polar surface area (TPSA) is 46.2 Å². The first-order valence-corrected chi connectivity index (χ1v) is 5.48. The number of rotatable bonds is 6. The lowest BCUT2D eigenvalue weighted by molar-refractivity contribution is 0.111. The smallest absolute Gasteiger partial charge is 0.0578 e. The molecule has 11 heavy (non-hydrogen) atoms. The SMILES string of the molecule is CSCCCC(O)C(C)CN. The fraction of sp³-hybridized carbons (Fsp3) is 1.00. The zero-order valence-electron chi connectivity index (χ0n) is 7.42. The van der Waals surface area contributed by atoms with Crippen molar-refractivity contribution in [3.63, 3.8) is 0 Å². The summed E-state index contributed by atoms with van der Waals surface area (Å²) in [6, 6.07) is 0. The zero-order valence-corrected chi connectivity index (χ0v) is 8.23. The van der Waals surface area contributed by atoms with E-state index in [0.29, 0.717) is 6.54 Å². The molecule has 0 aliphatic heterocycles. The summed E-state index contributed by atoms with van der Waals surface area (Å²) in [6.07, 6.45) is 3.86. The highest BCUT2D eigenvalue weighted by Gasteiger charge is 2.10. The fourth-order valence-electron chi connectivity index (χ4n) is 0.878. The Morgan fingerprint density at radius 1 is 1.55 bits per heavy atom. The van der Waals surface area contributed by atoms with E-state index in [2.05, 4.69) is 6.26 Å². The molecule has 0 saturated heterocycles. The summed E-state index contributed by atoms with van der Waals surface area (Å²) >= 11 is 1.82. The van der Waals surface area contributed by atoms with Gasteiger partial charge in [-0.15, -0.1) is 0 Å². The fourth-order valence-corrected chi connectivity index (χ4v) is 1.33. The molecule has 0 aliphatic carbocycles. The summed E-state index contributed by atoms with van der Waals surface area (Å²) in [5.74, 6) is 1.38. The number of hydrogen-bond acceptors (Lipinski definition) is 3. The van der Waals surface area contributed by atoms with Gasteiger partial charge in [-0.3, -0.25) is 0 Å². The van der Waals surface area contributed by atoms with Crippen molar-refractivity contribution >= 4 is 11.8 Å². The lowest BCUT2D eigenvalue weighted by atomic mass is 10.0. The van der Waals surface area contributed by atoms with Crippen molar-refractivity contribution in [2.45, 2.75) is 25.9 Å². The predicted molar refractivity (Wildman–Crippen MR) is 51.8 cm³/mol. The molecule has 0 aromatic rings. The predicted octanol–water partition coefficient (Wildman–Crippen LogP) is 1.09. The lowest BCUT2D eigenvalue weighted by Crippen LogP contribution is -2.25. The van der Waals surface area contributed by atoms with Gasteiger partial charge in [-0.2, -0.15) is 11.8 Å². The van der Waals surface area contributed by atoms with Crippen LogP contribution >= 0.6 is 11.8 Å². The van der Waals surface area contributed by atoms with Crippen molar-refractivity contribution in [2.75, 3.05) is 18.6 Å². The van der Waals surface area contributed by atoms with Gasteiger partial charge < -0.3 is 10.8 Å². The van der Waals surface area contributed by atoms with Gasteiger partial charge in [-0.05, 0) is 37.3 Å². The van der Waals surface area contributed by atoms with Crippen LogP contribution in [-0.4, -0.2) is 29.8 Å². The molecule has 68 valence electrons. The Bertz CT molecular complexity index is 90.2. The van der Waals surface area contributed by atoms with Crippen LogP contribution in [0, 0.1) is 5.92 Å². The van der Waals surface area contributed by atoms with Crippen LogP contribution in [0.1, 0.15) is 19.8 Å². The number of aliphatic hydroxyl groups excluding tert-OH is 1. The van der Waals surface area contributed by atoms with E-state index in [9.17, 15) is 5.11 Å². The molecule has 0 saturated carbocycles. The van der Waals surface area contributed by atoms with Gasteiger partial charge in [0.1, 0.15) is 0 Å². The second-order valence-corrected chi connectivity index (χ2v) is 3.90. The van der Waals surface area contributed by atoms with Gasteiger partial charge in [0.15, 0.2) is 0 Å². The summed E-state index contributed by atoms with van der Waals surface area (Å²) in [5.41, 5.74) is 5.41. The van der Waals surface area contributed by atoms with Crippen LogP contribution in [0.4, 0.5) is 0 Å². The summed E-state index contributed by atoms with van der Waals surface area (Å²) < 4.78 is 0. The van der Waals surface area contributed by atoms with Crippen LogP contribution in [0.3, 0.4) is 0 Å². The van der Waals surface area contributed by atoms with Crippen molar-refractivity contribution in [1.82, 2.24) is 0 Å². The largest absolute Gasteiger partial charge is 0.393 e. The summed E-state index contributed by atoms with van der Waals surface area (Å²) in [7, 11) is 0. The Morgan fingerprint density at radius 2 is 2.18 bits per heavy atom. The molecule has 0 bridgehead atoms. The first-order valence-electron chi connectivity index (χ1n) is 4.09. The molecule has 0 rings (SSSR count). The minimum atomic E-state index is -0.202. The second kappa shape index (κ2) is 6.95. The highest BCUT2D eigenvalue weighted by Crippen LogP contribution is 2.09. The first-order chi connectivity index (χ1) is 5.22. The normalized spacial score (nSPS) is 16.4. The zero-order chi connectivity index (χ0) is 8.69. The van der Waals surface area contributed by atoms with E-state index in [-0.39, 0.29) is 12.0 Å². The second-order valence-electron chi connectivity index (χ2n) is 2.92. The summed E-state index contributed by atoms with van der Waals surface area (Å²) in [5, 5.41) is 9.46. The maximum Gasteiger partial charge on any atom is 0.0578 e. The van der Waals surface area contributed by atoms with Gasteiger partial charge in [0.05, 0.1) is 6.10 Å². The third kappa shape index (κ3) is 5.53. The van der Waals surface area contributed by atoms with Crippen LogP contribution in [-0.2, 0) is 0 Å². The Morgan fingerprint density at radius 3 is 2.64 bits per heavy atom. The average molecular weight is 177 g/mol. The first kappa shape index (κ1) is 11.3. The number of aliphatic hydroxyl groups is 1. The Hall–Kier alpha value is 0.270. The van der Waals surface area contributed by atoms with Gasteiger partial charge in [0.2, 0.25) is 0 Å². The molecule has 0 radical (unpaired) electrons. The third-order valence-electron chi connectivity index (χ3n) is 1.88. The molecule has 2 unspecified atom stereocenters. The number of thioether (sulfide) groups is 1. The molecular weight excluding hydrogens is 158 g/mol.